The molecule has 0 bridgehead atoms. The van der Waals surface area contributed by atoms with Crippen LogP contribution >= 0.6 is 15.9 Å². The van der Waals surface area contributed by atoms with Gasteiger partial charge in [0, 0.05) is 30.7 Å². The second kappa shape index (κ2) is 7.43. The van der Waals surface area contributed by atoms with Crippen molar-refractivity contribution in [2.24, 2.45) is 5.73 Å². The standard InChI is InChI=1S/C14H19BrN2/c1-3-7-17(8-4-2)11-13-6-5-12(10-16)9-14(13)15/h3-6,9H,1-2,7-8,10-11,16H2. The first-order valence-electron chi connectivity index (χ1n) is 5.62. The maximum absolute atomic E-state index is 5.61. The number of halogens is 1. The van der Waals surface area contributed by atoms with E-state index in [-0.39, 0.29) is 0 Å². The molecule has 0 aliphatic rings. The molecule has 2 N–H and O–H groups in total. The first-order chi connectivity index (χ1) is 8.21. The fraction of sp³-hybridized carbons (Fsp3) is 0.286. The van der Waals surface area contributed by atoms with Crippen LogP contribution in [-0.2, 0) is 13.1 Å². The van der Waals surface area contributed by atoms with Crippen molar-refractivity contribution in [2.45, 2.75) is 13.1 Å². The lowest BCUT2D eigenvalue weighted by atomic mass is 10.1. The van der Waals surface area contributed by atoms with Crippen LogP contribution in [0, 0.1) is 0 Å². The van der Waals surface area contributed by atoms with Gasteiger partial charge in [-0.3, -0.25) is 4.90 Å². The largest absolute Gasteiger partial charge is 0.326 e. The SMILES string of the molecule is C=CCN(CC=C)Cc1ccc(CN)cc1Br. The van der Waals surface area contributed by atoms with Crippen LogP contribution < -0.4 is 5.73 Å². The summed E-state index contributed by atoms with van der Waals surface area (Å²) in [5, 5.41) is 0. The zero-order valence-electron chi connectivity index (χ0n) is 10.0. The van der Waals surface area contributed by atoms with Gasteiger partial charge in [0.05, 0.1) is 0 Å². The molecule has 3 heteroatoms. The predicted molar refractivity (Wildman–Crippen MR) is 77.7 cm³/mol. The molecule has 1 rings (SSSR count). The molecule has 0 aliphatic heterocycles. The molecule has 0 spiro atoms. The van der Waals surface area contributed by atoms with E-state index in [1.54, 1.807) is 0 Å². The van der Waals surface area contributed by atoms with Crippen molar-refractivity contribution in [3.8, 4) is 0 Å². The Bertz CT molecular complexity index is 378. The maximum atomic E-state index is 5.61. The van der Waals surface area contributed by atoms with Gasteiger partial charge in [0.2, 0.25) is 0 Å². The normalized spacial score (nSPS) is 10.5. The third kappa shape index (κ3) is 4.46. The zero-order chi connectivity index (χ0) is 12.7. The van der Waals surface area contributed by atoms with Gasteiger partial charge in [-0.25, -0.2) is 0 Å². The molecular weight excluding hydrogens is 276 g/mol. The fourth-order valence-electron chi connectivity index (χ4n) is 1.66. The highest BCUT2D eigenvalue weighted by Gasteiger charge is 2.06. The summed E-state index contributed by atoms with van der Waals surface area (Å²) in [6.45, 7) is 10.7. The summed E-state index contributed by atoms with van der Waals surface area (Å²) in [4.78, 5) is 2.27. The number of rotatable bonds is 7. The van der Waals surface area contributed by atoms with E-state index in [2.05, 4.69) is 52.2 Å². The number of nitrogens with two attached hydrogens (primary N) is 1. The summed E-state index contributed by atoms with van der Waals surface area (Å²) in [5.74, 6) is 0. The van der Waals surface area contributed by atoms with Gasteiger partial charge < -0.3 is 5.73 Å². The Hall–Kier alpha value is -0.900. The molecule has 0 aromatic heterocycles. The molecule has 0 heterocycles. The molecule has 1 aromatic carbocycles. The van der Waals surface area contributed by atoms with E-state index in [1.807, 2.05) is 12.2 Å². The van der Waals surface area contributed by atoms with E-state index in [0.29, 0.717) is 6.54 Å². The molecule has 1 aromatic rings. The zero-order valence-corrected chi connectivity index (χ0v) is 11.6. The van der Waals surface area contributed by atoms with Gasteiger partial charge in [-0.15, -0.1) is 13.2 Å². The van der Waals surface area contributed by atoms with Crippen molar-refractivity contribution in [1.29, 1.82) is 0 Å². The number of benzene rings is 1. The van der Waals surface area contributed by atoms with Gasteiger partial charge in [-0.2, -0.15) is 0 Å². The molecule has 0 atom stereocenters. The van der Waals surface area contributed by atoms with Crippen LogP contribution in [-0.4, -0.2) is 18.0 Å². The van der Waals surface area contributed by atoms with Crippen LogP contribution in [0.25, 0.3) is 0 Å². The minimum absolute atomic E-state index is 0.571. The van der Waals surface area contributed by atoms with E-state index in [1.165, 1.54) is 5.56 Å². The summed E-state index contributed by atoms with van der Waals surface area (Å²) in [6, 6.07) is 6.26. The third-order valence-corrected chi connectivity index (χ3v) is 3.26. The summed E-state index contributed by atoms with van der Waals surface area (Å²) in [5.41, 5.74) is 8.00. The third-order valence-electron chi connectivity index (χ3n) is 2.52. The topological polar surface area (TPSA) is 29.3 Å². The lowest BCUT2D eigenvalue weighted by Crippen LogP contribution is -2.23. The van der Waals surface area contributed by atoms with Crippen molar-refractivity contribution in [1.82, 2.24) is 4.90 Å². The Morgan fingerprint density at radius 3 is 2.35 bits per heavy atom. The van der Waals surface area contributed by atoms with E-state index < -0.39 is 0 Å². The molecule has 92 valence electrons. The van der Waals surface area contributed by atoms with Gasteiger partial charge in [0.25, 0.3) is 0 Å². The average molecular weight is 295 g/mol. The highest BCUT2D eigenvalue weighted by Crippen LogP contribution is 2.20. The smallest absolute Gasteiger partial charge is 0.0251 e. The molecular formula is C14H19BrN2. The molecule has 0 aliphatic carbocycles. The molecule has 17 heavy (non-hydrogen) atoms. The van der Waals surface area contributed by atoms with E-state index in [0.717, 1.165) is 29.7 Å². The second-order valence-corrected chi connectivity index (χ2v) is 4.76. The average Bonchev–Trinajstić information content (AvgIpc) is 2.32. The highest BCUT2D eigenvalue weighted by atomic mass is 79.9. The van der Waals surface area contributed by atoms with Gasteiger partial charge >= 0.3 is 0 Å². The van der Waals surface area contributed by atoms with Crippen LogP contribution in [0.1, 0.15) is 11.1 Å². The molecule has 0 saturated heterocycles. The quantitative estimate of drug-likeness (QED) is 0.783. The Labute approximate surface area is 112 Å². The maximum Gasteiger partial charge on any atom is 0.0251 e. The molecule has 0 amide bonds. The van der Waals surface area contributed by atoms with Crippen molar-refractivity contribution in [3.05, 3.63) is 59.1 Å². The first-order valence-corrected chi connectivity index (χ1v) is 6.42. The van der Waals surface area contributed by atoms with Crippen LogP contribution in [0.5, 0.6) is 0 Å². The highest BCUT2D eigenvalue weighted by molar-refractivity contribution is 9.10. The van der Waals surface area contributed by atoms with Crippen molar-refractivity contribution in [2.75, 3.05) is 13.1 Å². The number of hydrogen-bond donors (Lipinski definition) is 1. The van der Waals surface area contributed by atoms with Gasteiger partial charge in [0.15, 0.2) is 0 Å². The minimum Gasteiger partial charge on any atom is -0.326 e. The number of nitrogens with zero attached hydrogens (tertiary/aromatic N) is 1. The second-order valence-electron chi connectivity index (χ2n) is 3.90. The van der Waals surface area contributed by atoms with Gasteiger partial charge in [-0.1, -0.05) is 40.2 Å². The molecule has 0 unspecified atom stereocenters. The minimum atomic E-state index is 0.571. The fourth-order valence-corrected chi connectivity index (χ4v) is 2.21. The number of hydrogen-bond acceptors (Lipinski definition) is 2. The lowest BCUT2D eigenvalue weighted by molar-refractivity contribution is 0.327. The molecule has 0 fully saturated rings. The van der Waals surface area contributed by atoms with Crippen LogP contribution in [0.3, 0.4) is 0 Å². The molecule has 0 saturated carbocycles. The van der Waals surface area contributed by atoms with Crippen molar-refractivity contribution < 1.29 is 0 Å². The van der Waals surface area contributed by atoms with Gasteiger partial charge in [-0.05, 0) is 17.2 Å². The van der Waals surface area contributed by atoms with Crippen molar-refractivity contribution >= 4 is 15.9 Å². The lowest BCUT2D eigenvalue weighted by Gasteiger charge is -2.19. The van der Waals surface area contributed by atoms with Crippen molar-refractivity contribution in [3.63, 3.8) is 0 Å². The van der Waals surface area contributed by atoms with Crippen LogP contribution in [0.15, 0.2) is 48.0 Å². The van der Waals surface area contributed by atoms with E-state index >= 15 is 0 Å². The monoisotopic (exact) mass is 294 g/mol. The molecule has 2 nitrogen and oxygen atoms in total. The summed E-state index contributed by atoms with van der Waals surface area (Å²) < 4.78 is 1.11. The Kier molecular flexibility index (Phi) is 6.19. The summed E-state index contributed by atoms with van der Waals surface area (Å²) in [6.07, 6.45) is 3.82. The summed E-state index contributed by atoms with van der Waals surface area (Å²) >= 11 is 3.58. The first kappa shape index (κ1) is 14.2. The Balaban J connectivity index is 2.77. The van der Waals surface area contributed by atoms with E-state index in [4.69, 9.17) is 5.73 Å². The Morgan fingerprint density at radius 1 is 1.24 bits per heavy atom. The molecule has 0 radical (unpaired) electrons. The predicted octanol–water partition coefficient (Wildman–Crippen LogP) is 3.08. The summed E-state index contributed by atoms with van der Waals surface area (Å²) in [7, 11) is 0. The Morgan fingerprint density at radius 2 is 1.88 bits per heavy atom. The van der Waals surface area contributed by atoms with E-state index in [9.17, 15) is 0 Å². The van der Waals surface area contributed by atoms with Gasteiger partial charge in [0.1, 0.15) is 0 Å². The van der Waals surface area contributed by atoms with Crippen LogP contribution in [0.2, 0.25) is 0 Å². The van der Waals surface area contributed by atoms with Crippen LogP contribution in [0.4, 0.5) is 0 Å².